The van der Waals surface area contributed by atoms with Crippen LogP contribution in [0.25, 0.3) is 11.1 Å². The third kappa shape index (κ3) is 3.15. The number of benzene rings is 1. The number of nitrogens with zero attached hydrogens (tertiary/aromatic N) is 1. The molecule has 1 unspecified atom stereocenters. The van der Waals surface area contributed by atoms with Gasteiger partial charge in [-0.2, -0.15) is 0 Å². The predicted molar refractivity (Wildman–Crippen MR) is 73.2 cm³/mol. The highest BCUT2D eigenvalue weighted by Gasteiger charge is 2.06. The van der Waals surface area contributed by atoms with Gasteiger partial charge in [-0.3, -0.25) is 0 Å². The molecule has 1 aromatic carbocycles. The van der Waals surface area contributed by atoms with Crippen LogP contribution in [0.15, 0.2) is 22.6 Å². The summed E-state index contributed by atoms with van der Waals surface area (Å²) in [5, 5.41) is 12.5. The number of nitrogens with one attached hydrogen (secondary N) is 1. The third-order valence-electron chi connectivity index (χ3n) is 2.62. The van der Waals surface area contributed by atoms with Crippen molar-refractivity contribution in [1.82, 2.24) is 4.98 Å². The largest absolute Gasteiger partial charge is 0.441 e. The number of halogens is 1. The van der Waals surface area contributed by atoms with Gasteiger partial charge in [0.15, 0.2) is 11.5 Å². The summed E-state index contributed by atoms with van der Waals surface area (Å²) >= 11 is 5.53. The average molecular weight is 269 g/mol. The van der Waals surface area contributed by atoms with E-state index in [0.717, 1.165) is 35.5 Å². The van der Waals surface area contributed by atoms with Crippen LogP contribution in [0.3, 0.4) is 0 Å². The van der Waals surface area contributed by atoms with Crippen molar-refractivity contribution in [3.05, 3.63) is 24.1 Å². The molecular formula is C13H17ClN2O2. The van der Waals surface area contributed by atoms with E-state index in [4.69, 9.17) is 16.0 Å². The maximum absolute atomic E-state index is 9.38. The fourth-order valence-electron chi connectivity index (χ4n) is 1.70. The molecule has 98 valence electrons. The van der Waals surface area contributed by atoms with E-state index in [9.17, 15) is 5.11 Å². The van der Waals surface area contributed by atoms with Crippen molar-refractivity contribution in [3.63, 3.8) is 0 Å². The van der Waals surface area contributed by atoms with Gasteiger partial charge in [0.2, 0.25) is 0 Å². The molecule has 0 fully saturated rings. The van der Waals surface area contributed by atoms with Gasteiger partial charge in [0.1, 0.15) is 5.52 Å². The van der Waals surface area contributed by atoms with Crippen molar-refractivity contribution in [2.45, 2.75) is 25.9 Å². The standard InChI is InChI=1S/C13H17ClN2O2/c1-2-3-13-16-11-6-9(4-5-12(11)18-13)15-8-10(17)7-14/h4-6,10,15,17H,2-3,7-8H2,1H3. The maximum atomic E-state index is 9.38. The second-order valence-corrected chi connectivity index (χ2v) is 4.54. The quantitative estimate of drug-likeness (QED) is 0.791. The number of rotatable bonds is 6. The molecule has 0 aliphatic rings. The Morgan fingerprint density at radius 2 is 2.33 bits per heavy atom. The summed E-state index contributed by atoms with van der Waals surface area (Å²) in [4.78, 5) is 4.42. The Balaban J connectivity index is 2.11. The molecule has 0 saturated heterocycles. The molecule has 2 aromatic rings. The highest BCUT2D eigenvalue weighted by molar-refractivity contribution is 6.18. The highest BCUT2D eigenvalue weighted by Crippen LogP contribution is 2.20. The number of aryl methyl sites for hydroxylation is 1. The van der Waals surface area contributed by atoms with Gasteiger partial charge >= 0.3 is 0 Å². The molecule has 0 spiro atoms. The molecule has 0 bridgehead atoms. The molecule has 0 radical (unpaired) electrons. The lowest BCUT2D eigenvalue weighted by Crippen LogP contribution is -2.20. The first-order valence-corrected chi connectivity index (χ1v) is 6.63. The fraction of sp³-hybridized carbons (Fsp3) is 0.462. The Bertz CT molecular complexity index is 513. The lowest BCUT2D eigenvalue weighted by molar-refractivity contribution is 0.211. The molecule has 0 saturated carbocycles. The van der Waals surface area contributed by atoms with Crippen molar-refractivity contribution >= 4 is 28.4 Å². The van der Waals surface area contributed by atoms with E-state index in [1.807, 2.05) is 18.2 Å². The smallest absolute Gasteiger partial charge is 0.195 e. The van der Waals surface area contributed by atoms with Crippen molar-refractivity contribution in [2.75, 3.05) is 17.7 Å². The summed E-state index contributed by atoms with van der Waals surface area (Å²) in [5.74, 6) is 0.991. The summed E-state index contributed by atoms with van der Waals surface area (Å²) in [6.07, 6.45) is 1.32. The Labute approximate surface area is 111 Å². The van der Waals surface area contributed by atoms with Crippen LogP contribution in [0.5, 0.6) is 0 Å². The molecule has 1 aromatic heterocycles. The molecule has 4 nitrogen and oxygen atoms in total. The molecule has 2 N–H and O–H groups in total. The molecule has 1 atom stereocenters. The number of hydrogen-bond donors (Lipinski definition) is 2. The zero-order valence-corrected chi connectivity index (χ0v) is 11.1. The van der Waals surface area contributed by atoms with E-state index in [1.54, 1.807) is 0 Å². The Morgan fingerprint density at radius 3 is 3.06 bits per heavy atom. The van der Waals surface area contributed by atoms with Gasteiger partial charge < -0.3 is 14.8 Å². The predicted octanol–water partition coefficient (Wildman–Crippen LogP) is 2.79. The Morgan fingerprint density at radius 1 is 1.50 bits per heavy atom. The van der Waals surface area contributed by atoms with E-state index >= 15 is 0 Å². The number of aliphatic hydroxyl groups excluding tert-OH is 1. The van der Waals surface area contributed by atoms with Crippen LogP contribution in [-0.2, 0) is 6.42 Å². The van der Waals surface area contributed by atoms with E-state index in [2.05, 4.69) is 17.2 Å². The first-order chi connectivity index (χ1) is 8.72. The Kier molecular flexibility index (Phi) is 4.44. The van der Waals surface area contributed by atoms with Crippen molar-refractivity contribution in [1.29, 1.82) is 0 Å². The SMILES string of the molecule is CCCc1nc2cc(NCC(O)CCl)ccc2o1. The minimum Gasteiger partial charge on any atom is -0.441 e. The molecule has 2 rings (SSSR count). The topological polar surface area (TPSA) is 58.3 Å². The van der Waals surface area contributed by atoms with Crippen molar-refractivity contribution in [2.24, 2.45) is 0 Å². The van der Waals surface area contributed by atoms with E-state index in [1.165, 1.54) is 0 Å². The monoisotopic (exact) mass is 268 g/mol. The second kappa shape index (κ2) is 6.07. The molecule has 0 amide bonds. The summed E-state index contributed by atoms with van der Waals surface area (Å²) in [6, 6.07) is 5.71. The summed E-state index contributed by atoms with van der Waals surface area (Å²) < 4.78 is 5.60. The van der Waals surface area contributed by atoms with Crippen molar-refractivity contribution in [3.8, 4) is 0 Å². The van der Waals surface area contributed by atoms with E-state index < -0.39 is 6.10 Å². The zero-order valence-electron chi connectivity index (χ0n) is 10.3. The second-order valence-electron chi connectivity index (χ2n) is 4.23. The van der Waals surface area contributed by atoms with Gasteiger partial charge in [0, 0.05) is 18.7 Å². The normalized spacial score (nSPS) is 12.8. The van der Waals surface area contributed by atoms with Crippen LogP contribution >= 0.6 is 11.6 Å². The Hall–Kier alpha value is -1.26. The molecule has 5 heteroatoms. The van der Waals surface area contributed by atoms with Crippen molar-refractivity contribution < 1.29 is 9.52 Å². The first kappa shape index (κ1) is 13.2. The minimum atomic E-state index is -0.546. The molecule has 18 heavy (non-hydrogen) atoms. The average Bonchev–Trinajstić information content (AvgIpc) is 2.77. The van der Waals surface area contributed by atoms with Gasteiger partial charge in [-0.05, 0) is 24.6 Å². The van der Waals surface area contributed by atoms with Gasteiger partial charge in [-0.1, -0.05) is 6.92 Å². The van der Waals surface area contributed by atoms with E-state index in [-0.39, 0.29) is 5.88 Å². The number of oxazole rings is 1. The van der Waals surface area contributed by atoms with Crippen LogP contribution in [0.1, 0.15) is 19.2 Å². The summed E-state index contributed by atoms with van der Waals surface area (Å²) in [7, 11) is 0. The highest BCUT2D eigenvalue weighted by atomic mass is 35.5. The van der Waals surface area contributed by atoms with Crippen LogP contribution in [0, 0.1) is 0 Å². The van der Waals surface area contributed by atoms with Gasteiger partial charge in [-0.15, -0.1) is 11.6 Å². The maximum Gasteiger partial charge on any atom is 0.195 e. The third-order valence-corrected chi connectivity index (χ3v) is 2.97. The number of alkyl halides is 1. The minimum absolute atomic E-state index is 0.222. The lowest BCUT2D eigenvalue weighted by Gasteiger charge is -2.09. The zero-order chi connectivity index (χ0) is 13.0. The lowest BCUT2D eigenvalue weighted by atomic mass is 10.2. The summed E-state index contributed by atoms with van der Waals surface area (Å²) in [5.41, 5.74) is 2.54. The van der Waals surface area contributed by atoms with Crippen LogP contribution in [0.4, 0.5) is 5.69 Å². The fourth-order valence-corrected chi connectivity index (χ4v) is 1.81. The van der Waals surface area contributed by atoms with Gasteiger partial charge in [0.25, 0.3) is 0 Å². The number of fused-ring (bicyclic) bond motifs is 1. The number of hydrogen-bond acceptors (Lipinski definition) is 4. The molecular weight excluding hydrogens is 252 g/mol. The molecule has 1 heterocycles. The molecule has 0 aliphatic carbocycles. The van der Waals surface area contributed by atoms with Crippen LogP contribution in [-0.4, -0.2) is 28.6 Å². The van der Waals surface area contributed by atoms with Gasteiger partial charge in [0.05, 0.1) is 12.0 Å². The van der Waals surface area contributed by atoms with E-state index in [0.29, 0.717) is 6.54 Å². The molecule has 0 aliphatic heterocycles. The van der Waals surface area contributed by atoms with Crippen LogP contribution in [0.2, 0.25) is 0 Å². The number of aromatic nitrogens is 1. The van der Waals surface area contributed by atoms with Gasteiger partial charge in [-0.25, -0.2) is 4.98 Å². The first-order valence-electron chi connectivity index (χ1n) is 6.10. The summed E-state index contributed by atoms with van der Waals surface area (Å²) in [6.45, 7) is 2.52. The van der Waals surface area contributed by atoms with Crippen LogP contribution < -0.4 is 5.32 Å². The number of aliphatic hydroxyl groups is 1. The number of anilines is 1.